The fourth-order valence-electron chi connectivity index (χ4n) is 3.01. The van der Waals surface area contributed by atoms with Crippen LogP contribution in [0.15, 0.2) is 42.5 Å². The van der Waals surface area contributed by atoms with Crippen LogP contribution in [0.4, 0.5) is 8.78 Å². The number of hydrogen-bond donors (Lipinski definition) is 2. The number of nitrogens with one attached hydrogen (secondary N) is 2. The van der Waals surface area contributed by atoms with Crippen LogP contribution in [0, 0.1) is 11.6 Å². The number of hydrogen-bond acceptors (Lipinski definition) is 2. The average Bonchev–Trinajstić information content (AvgIpc) is 2.57. The maximum Gasteiger partial charge on any atom is 0.254 e. The molecule has 0 saturated carbocycles. The lowest BCUT2D eigenvalue weighted by molar-refractivity contribution is 0.0916. The smallest absolute Gasteiger partial charge is 0.254 e. The van der Waals surface area contributed by atoms with Gasteiger partial charge in [-0.05, 0) is 61.7 Å². The highest BCUT2D eigenvalue weighted by Crippen LogP contribution is 2.22. The van der Waals surface area contributed by atoms with Crippen molar-refractivity contribution in [3.05, 3.63) is 59.7 Å². The first-order valence-corrected chi connectivity index (χ1v) is 8.14. The minimum absolute atomic E-state index is 0.00225. The fraction of sp³-hybridized carbons (Fsp3) is 0.316. The molecule has 3 nitrogen and oxygen atoms in total. The molecule has 0 radical (unpaired) electrons. The van der Waals surface area contributed by atoms with Gasteiger partial charge in [-0.25, -0.2) is 8.78 Å². The van der Waals surface area contributed by atoms with Crippen molar-refractivity contribution in [1.29, 1.82) is 0 Å². The second kappa shape index (κ2) is 7.09. The molecule has 0 aromatic heterocycles. The molecule has 1 fully saturated rings. The van der Waals surface area contributed by atoms with Crippen LogP contribution in [0.5, 0.6) is 0 Å². The molecule has 24 heavy (non-hydrogen) atoms. The van der Waals surface area contributed by atoms with Crippen LogP contribution in [-0.4, -0.2) is 24.5 Å². The third-order valence-corrected chi connectivity index (χ3v) is 4.47. The quantitative estimate of drug-likeness (QED) is 0.904. The summed E-state index contributed by atoms with van der Waals surface area (Å²) in [6.45, 7) is 2.95. The summed E-state index contributed by atoms with van der Waals surface area (Å²) in [6.07, 6.45) is 1.87. The second-order valence-corrected chi connectivity index (χ2v) is 6.17. The zero-order chi connectivity index (χ0) is 17.1. The molecule has 2 N–H and O–H groups in total. The predicted octanol–water partition coefficient (Wildman–Crippen LogP) is 3.50. The second-order valence-electron chi connectivity index (χ2n) is 6.17. The lowest BCUT2D eigenvalue weighted by Gasteiger charge is -2.30. The summed E-state index contributed by atoms with van der Waals surface area (Å²) < 4.78 is 27.3. The fourth-order valence-corrected chi connectivity index (χ4v) is 3.01. The van der Waals surface area contributed by atoms with Crippen molar-refractivity contribution in [2.75, 3.05) is 6.54 Å². The lowest BCUT2D eigenvalue weighted by Crippen LogP contribution is -2.52. The van der Waals surface area contributed by atoms with Crippen molar-refractivity contribution in [1.82, 2.24) is 10.6 Å². The van der Waals surface area contributed by atoms with Crippen LogP contribution in [0.2, 0.25) is 0 Å². The van der Waals surface area contributed by atoms with Crippen molar-refractivity contribution in [3.8, 4) is 11.1 Å². The van der Waals surface area contributed by atoms with Gasteiger partial charge in [0.25, 0.3) is 5.91 Å². The van der Waals surface area contributed by atoms with Crippen molar-refractivity contribution < 1.29 is 13.6 Å². The van der Waals surface area contributed by atoms with E-state index in [0.717, 1.165) is 19.4 Å². The molecule has 3 rings (SSSR count). The minimum Gasteiger partial charge on any atom is -0.348 e. The SMILES string of the molecule is CC1NCCCC1NC(=O)c1ccc(-c2ccc(F)cc2)cc1F. The van der Waals surface area contributed by atoms with E-state index in [1.165, 1.54) is 24.3 Å². The standard InChI is InChI=1S/C19H20F2N2O/c1-12-18(3-2-10-22-12)23-19(24)16-9-6-14(11-17(16)21)13-4-7-15(20)8-5-13/h4-9,11-12,18,22H,2-3,10H2,1H3,(H,23,24). The summed E-state index contributed by atoms with van der Waals surface area (Å²) in [4.78, 5) is 12.3. The Morgan fingerprint density at radius 2 is 1.83 bits per heavy atom. The number of halogens is 2. The number of carbonyl (C=O) groups is 1. The highest BCUT2D eigenvalue weighted by atomic mass is 19.1. The third-order valence-electron chi connectivity index (χ3n) is 4.47. The van der Waals surface area contributed by atoms with Crippen LogP contribution < -0.4 is 10.6 Å². The Morgan fingerprint density at radius 3 is 2.50 bits per heavy atom. The summed E-state index contributed by atoms with van der Waals surface area (Å²) >= 11 is 0. The van der Waals surface area contributed by atoms with Crippen molar-refractivity contribution in [2.24, 2.45) is 0 Å². The number of carbonyl (C=O) groups excluding carboxylic acids is 1. The van der Waals surface area contributed by atoms with Gasteiger partial charge >= 0.3 is 0 Å². The normalized spacial score (nSPS) is 20.6. The Morgan fingerprint density at radius 1 is 1.12 bits per heavy atom. The van der Waals surface area contributed by atoms with Gasteiger partial charge in [0.1, 0.15) is 11.6 Å². The molecule has 2 atom stereocenters. The van der Waals surface area contributed by atoms with Gasteiger partial charge < -0.3 is 10.6 Å². The van der Waals surface area contributed by atoms with Crippen LogP contribution in [0.25, 0.3) is 11.1 Å². The van der Waals surface area contributed by atoms with E-state index in [1.54, 1.807) is 18.2 Å². The first kappa shape index (κ1) is 16.6. The molecule has 1 aliphatic rings. The van der Waals surface area contributed by atoms with E-state index in [1.807, 2.05) is 6.92 Å². The Bertz CT molecular complexity index is 731. The van der Waals surface area contributed by atoms with Crippen molar-refractivity contribution >= 4 is 5.91 Å². The molecule has 0 aliphatic carbocycles. The van der Waals surface area contributed by atoms with Gasteiger partial charge in [0.05, 0.1) is 5.56 Å². The molecule has 1 aliphatic heterocycles. The lowest BCUT2D eigenvalue weighted by atomic mass is 9.99. The van der Waals surface area contributed by atoms with E-state index >= 15 is 0 Å². The summed E-state index contributed by atoms with van der Waals surface area (Å²) in [7, 11) is 0. The molecule has 1 saturated heterocycles. The number of amides is 1. The van der Waals surface area contributed by atoms with E-state index < -0.39 is 11.7 Å². The van der Waals surface area contributed by atoms with Gasteiger partial charge in [0, 0.05) is 12.1 Å². The molecule has 126 valence electrons. The maximum atomic E-state index is 14.4. The minimum atomic E-state index is -0.578. The summed E-state index contributed by atoms with van der Waals surface area (Å²) in [5.41, 5.74) is 1.34. The molecule has 2 unspecified atom stereocenters. The van der Waals surface area contributed by atoms with Gasteiger partial charge in [-0.15, -0.1) is 0 Å². The molecule has 0 bridgehead atoms. The number of benzene rings is 2. The van der Waals surface area contributed by atoms with E-state index in [4.69, 9.17) is 0 Å². The van der Waals surface area contributed by atoms with E-state index in [2.05, 4.69) is 10.6 Å². The summed E-state index contributed by atoms with van der Waals surface area (Å²) in [5, 5.41) is 6.20. The Kier molecular flexibility index (Phi) is 4.90. The third kappa shape index (κ3) is 3.62. The van der Waals surface area contributed by atoms with E-state index in [9.17, 15) is 13.6 Å². The molecule has 5 heteroatoms. The Hall–Kier alpha value is -2.27. The van der Waals surface area contributed by atoms with Gasteiger partial charge in [0.15, 0.2) is 0 Å². The molecule has 0 spiro atoms. The highest BCUT2D eigenvalue weighted by Gasteiger charge is 2.24. The van der Waals surface area contributed by atoms with Crippen LogP contribution in [-0.2, 0) is 0 Å². The zero-order valence-electron chi connectivity index (χ0n) is 13.5. The molecular formula is C19H20F2N2O. The van der Waals surface area contributed by atoms with Crippen molar-refractivity contribution in [2.45, 2.75) is 31.8 Å². The van der Waals surface area contributed by atoms with Crippen LogP contribution in [0.3, 0.4) is 0 Å². The predicted molar refractivity (Wildman–Crippen MR) is 89.7 cm³/mol. The van der Waals surface area contributed by atoms with Gasteiger partial charge in [-0.2, -0.15) is 0 Å². The van der Waals surface area contributed by atoms with Gasteiger partial charge in [-0.1, -0.05) is 18.2 Å². The largest absolute Gasteiger partial charge is 0.348 e. The van der Waals surface area contributed by atoms with E-state index in [-0.39, 0.29) is 23.5 Å². The first-order chi connectivity index (χ1) is 11.5. The average molecular weight is 330 g/mol. The van der Waals surface area contributed by atoms with Crippen molar-refractivity contribution in [3.63, 3.8) is 0 Å². The van der Waals surface area contributed by atoms with Crippen LogP contribution in [0.1, 0.15) is 30.1 Å². The maximum absolute atomic E-state index is 14.4. The van der Waals surface area contributed by atoms with Gasteiger partial charge in [-0.3, -0.25) is 4.79 Å². The zero-order valence-corrected chi connectivity index (χ0v) is 13.5. The molecular weight excluding hydrogens is 310 g/mol. The first-order valence-electron chi connectivity index (χ1n) is 8.14. The van der Waals surface area contributed by atoms with Crippen LogP contribution >= 0.6 is 0 Å². The topological polar surface area (TPSA) is 41.1 Å². The summed E-state index contributed by atoms with van der Waals surface area (Å²) in [6, 6.07) is 10.4. The molecule has 1 heterocycles. The molecule has 1 amide bonds. The van der Waals surface area contributed by atoms with E-state index in [0.29, 0.717) is 11.1 Å². The van der Waals surface area contributed by atoms with Gasteiger partial charge in [0.2, 0.25) is 0 Å². The monoisotopic (exact) mass is 330 g/mol. The molecule has 2 aromatic rings. The highest BCUT2D eigenvalue weighted by molar-refractivity contribution is 5.95. The molecule has 2 aromatic carbocycles. The summed E-state index contributed by atoms with van der Waals surface area (Å²) in [5.74, 6) is -1.32. The Labute approximate surface area is 140 Å². The number of rotatable bonds is 3. The Balaban J connectivity index is 1.76. The number of piperidine rings is 1.